The van der Waals surface area contributed by atoms with E-state index in [1.54, 1.807) is 20.0 Å². The molecule has 1 N–H and O–H groups in total. The van der Waals surface area contributed by atoms with Gasteiger partial charge >= 0.3 is 0 Å². The lowest BCUT2D eigenvalue weighted by Gasteiger charge is -2.00. The molecule has 12 heavy (non-hydrogen) atoms. The first kappa shape index (κ1) is 8.52. The fraction of sp³-hybridized carbons (Fsp3) is 0.250. The maximum atomic E-state index is 10.5. The molecule has 64 valence electrons. The Morgan fingerprint density at radius 2 is 2.17 bits per heavy atom. The molecule has 0 amide bonds. The third-order valence-electron chi connectivity index (χ3n) is 1.69. The summed E-state index contributed by atoms with van der Waals surface area (Å²) < 4.78 is 0. The molecule has 0 bridgehead atoms. The molecule has 0 fully saturated rings. The van der Waals surface area contributed by atoms with Crippen LogP contribution in [0.4, 0.5) is 11.4 Å². The first-order valence-electron chi connectivity index (χ1n) is 3.58. The second kappa shape index (κ2) is 3.21. The number of nitro groups is 1. The van der Waals surface area contributed by atoms with E-state index in [1.807, 2.05) is 6.07 Å². The van der Waals surface area contributed by atoms with Gasteiger partial charge in [-0.05, 0) is 13.0 Å². The van der Waals surface area contributed by atoms with Crippen molar-refractivity contribution in [3.05, 3.63) is 33.9 Å². The van der Waals surface area contributed by atoms with Crippen LogP contribution in [0.3, 0.4) is 0 Å². The van der Waals surface area contributed by atoms with E-state index in [2.05, 4.69) is 5.32 Å². The van der Waals surface area contributed by atoms with Crippen LogP contribution in [-0.4, -0.2) is 12.0 Å². The Balaban J connectivity index is 3.17. The van der Waals surface area contributed by atoms with Crippen LogP contribution in [0, 0.1) is 17.0 Å². The number of benzene rings is 1. The summed E-state index contributed by atoms with van der Waals surface area (Å²) in [4.78, 5) is 10.1. The van der Waals surface area contributed by atoms with Gasteiger partial charge in [0.15, 0.2) is 0 Å². The topological polar surface area (TPSA) is 55.2 Å². The molecule has 0 saturated heterocycles. The predicted molar refractivity (Wildman–Crippen MR) is 47.4 cm³/mol. The summed E-state index contributed by atoms with van der Waals surface area (Å²) in [5.41, 5.74) is 1.59. The van der Waals surface area contributed by atoms with Crippen LogP contribution >= 0.6 is 0 Å². The Morgan fingerprint density at radius 1 is 1.50 bits per heavy atom. The molecule has 0 aliphatic rings. The van der Waals surface area contributed by atoms with E-state index in [9.17, 15) is 10.1 Å². The van der Waals surface area contributed by atoms with Crippen molar-refractivity contribution < 1.29 is 4.92 Å². The number of aryl methyl sites for hydroxylation is 1. The fourth-order valence-electron chi connectivity index (χ4n) is 0.962. The largest absolute Gasteiger partial charge is 0.388 e. The molecule has 0 heterocycles. The zero-order chi connectivity index (χ0) is 9.14. The highest BCUT2D eigenvalue weighted by Crippen LogP contribution is 2.21. The lowest BCUT2D eigenvalue weighted by molar-refractivity contribution is -0.385. The van der Waals surface area contributed by atoms with E-state index in [0.717, 1.165) is 5.69 Å². The highest BCUT2D eigenvalue weighted by Gasteiger charge is 2.09. The second-order valence-electron chi connectivity index (χ2n) is 2.51. The van der Waals surface area contributed by atoms with E-state index in [0.29, 0.717) is 5.56 Å². The van der Waals surface area contributed by atoms with Gasteiger partial charge in [0.05, 0.1) is 4.92 Å². The SMILES string of the molecule is CNc1ccc(C)c([N+](=O)[O-])c1. The summed E-state index contributed by atoms with van der Waals surface area (Å²) in [6.45, 7) is 1.72. The van der Waals surface area contributed by atoms with E-state index in [4.69, 9.17) is 0 Å². The third-order valence-corrected chi connectivity index (χ3v) is 1.69. The van der Waals surface area contributed by atoms with Crippen molar-refractivity contribution in [1.82, 2.24) is 0 Å². The molecule has 0 radical (unpaired) electrons. The smallest absolute Gasteiger partial charge is 0.274 e. The Kier molecular flexibility index (Phi) is 2.28. The van der Waals surface area contributed by atoms with Crippen LogP contribution < -0.4 is 5.32 Å². The number of nitrogens with zero attached hydrogens (tertiary/aromatic N) is 1. The monoisotopic (exact) mass is 166 g/mol. The van der Waals surface area contributed by atoms with Crippen molar-refractivity contribution in [3.8, 4) is 0 Å². The number of hydrogen-bond donors (Lipinski definition) is 1. The highest BCUT2D eigenvalue weighted by molar-refractivity contribution is 5.54. The number of nitrogens with one attached hydrogen (secondary N) is 1. The van der Waals surface area contributed by atoms with Gasteiger partial charge in [0.2, 0.25) is 0 Å². The number of nitro benzene ring substituents is 1. The van der Waals surface area contributed by atoms with Gasteiger partial charge in [-0.25, -0.2) is 0 Å². The van der Waals surface area contributed by atoms with Crippen molar-refractivity contribution in [2.24, 2.45) is 0 Å². The van der Waals surface area contributed by atoms with Crippen LogP contribution in [0.2, 0.25) is 0 Å². The van der Waals surface area contributed by atoms with Gasteiger partial charge in [0, 0.05) is 24.4 Å². The van der Waals surface area contributed by atoms with Gasteiger partial charge in [-0.2, -0.15) is 0 Å². The van der Waals surface area contributed by atoms with Gasteiger partial charge in [-0.3, -0.25) is 10.1 Å². The summed E-state index contributed by atoms with van der Waals surface area (Å²) in [7, 11) is 1.73. The van der Waals surface area contributed by atoms with Gasteiger partial charge < -0.3 is 5.32 Å². The van der Waals surface area contributed by atoms with Gasteiger partial charge in [0.1, 0.15) is 0 Å². The molecule has 0 aromatic heterocycles. The molecule has 0 saturated carbocycles. The van der Waals surface area contributed by atoms with Crippen LogP contribution in [0.1, 0.15) is 5.56 Å². The number of hydrogen-bond acceptors (Lipinski definition) is 3. The van der Waals surface area contributed by atoms with E-state index < -0.39 is 0 Å². The molecule has 0 aliphatic heterocycles. The Labute approximate surface area is 70.4 Å². The second-order valence-corrected chi connectivity index (χ2v) is 2.51. The summed E-state index contributed by atoms with van der Waals surface area (Å²) in [6, 6.07) is 5.06. The Hall–Kier alpha value is -1.58. The minimum atomic E-state index is -0.379. The van der Waals surface area contributed by atoms with E-state index in [-0.39, 0.29) is 10.6 Å². The summed E-state index contributed by atoms with van der Waals surface area (Å²) >= 11 is 0. The maximum absolute atomic E-state index is 10.5. The highest BCUT2D eigenvalue weighted by atomic mass is 16.6. The van der Waals surface area contributed by atoms with E-state index >= 15 is 0 Å². The predicted octanol–water partition coefficient (Wildman–Crippen LogP) is 1.94. The molecule has 0 unspecified atom stereocenters. The number of anilines is 1. The lowest BCUT2D eigenvalue weighted by atomic mass is 10.2. The first-order valence-corrected chi connectivity index (χ1v) is 3.58. The molecule has 0 atom stereocenters. The Bertz CT molecular complexity index is 310. The average molecular weight is 166 g/mol. The molecule has 1 rings (SSSR count). The summed E-state index contributed by atoms with van der Waals surface area (Å²) in [6.07, 6.45) is 0. The van der Waals surface area contributed by atoms with Crippen LogP contribution in [0.25, 0.3) is 0 Å². The normalized spacial score (nSPS) is 9.50. The molecular formula is C8H10N2O2. The maximum Gasteiger partial charge on any atom is 0.274 e. The molecule has 4 heteroatoms. The molecular weight excluding hydrogens is 156 g/mol. The molecule has 0 aliphatic carbocycles. The average Bonchev–Trinajstić information content (AvgIpc) is 2.05. The van der Waals surface area contributed by atoms with Crippen molar-refractivity contribution in [2.45, 2.75) is 6.92 Å². The molecule has 1 aromatic rings. The summed E-state index contributed by atoms with van der Waals surface area (Å²) in [5, 5.41) is 13.3. The van der Waals surface area contributed by atoms with Crippen molar-refractivity contribution in [3.63, 3.8) is 0 Å². The van der Waals surface area contributed by atoms with Crippen LogP contribution in [0.15, 0.2) is 18.2 Å². The first-order chi connectivity index (χ1) is 5.65. The van der Waals surface area contributed by atoms with Crippen LogP contribution in [-0.2, 0) is 0 Å². The van der Waals surface area contributed by atoms with Gasteiger partial charge in [-0.1, -0.05) is 6.07 Å². The minimum Gasteiger partial charge on any atom is -0.388 e. The number of rotatable bonds is 2. The van der Waals surface area contributed by atoms with Crippen LogP contribution in [0.5, 0.6) is 0 Å². The van der Waals surface area contributed by atoms with Gasteiger partial charge in [-0.15, -0.1) is 0 Å². The van der Waals surface area contributed by atoms with E-state index in [1.165, 1.54) is 6.07 Å². The molecule has 4 nitrogen and oxygen atoms in total. The van der Waals surface area contributed by atoms with Crippen molar-refractivity contribution in [1.29, 1.82) is 0 Å². The standard InChI is InChI=1S/C8H10N2O2/c1-6-3-4-7(9-2)5-8(6)10(11)12/h3-5,9H,1-2H3. The van der Waals surface area contributed by atoms with Crippen molar-refractivity contribution >= 4 is 11.4 Å². The van der Waals surface area contributed by atoms with Gasteiger partial charge in [0.25, 0.3) is 5.69 Å². The minimum absolute atomic E-state index is 0.154. The fourth-order valence-corrected chi connectivity index (χ4v) is 0.962. The Morgan fingerprint density at radius 3 is 2.67 bits per heavy atom. The lowest BCUT2D eigenvalue weighted by Crippen LogP contribution is -1.94. The van der Waals surface area contributed by atoms with Crippen molar-refractivity contribution in [2.75, 3.05) is 12.4 Å². The zero-order valence-corrected chi connectivity index (χ0v) is 7.00. The molecule has 0 spiro atoms. The zero-order valence-electron chi connectivity index (χ0n) is 7.00. The third kappa shape index (κ3) is 1.53. The summed E-state index contributed by atoms with van der Waals surface area (Å²) in [5.74, 6) is 0. The molecule has 1 aromatic carbocycles. The quantitative estimate of drug-likeness (QED) is 0.539.